The smallest absolute Gasteiger partial charge is 0.316 e. The van der Waals surface area contributed by atoms with Gasteiger partial charge in [-0.2, -0.15) is 0 Å². The first kappa shape index (κ1) is 19.3. The number of urea groups is 1. The molecule has 0 aromatic heterocycles. The summed E-state index contributed by atoms with van der Waals surface area (Å²) in [6.07, 6.45) is 1.40. The maximum Gasteiger partial charge on any atom is 0.316 e. The van der Waals surface area contributed by atoms with Gasteiger partial charge in [-0.1, -0.05) is 0 Å². The first-order valence-electron chi connectivity index (χ1n) is 8.94. The monoisotopic (exact) mass is 384 g/mol. The number of amides is 4. The normalized spacial score (nSPS) is 16.3. The van der Waals surface area contributed by atoms with E-state index in [1.807, 2.05) is 0 Å². The van der Waals surface area contributed by atoms with Crippen LogP contribution in [0.2, 0.25) is 0 Å². The highest BCUT2D eigenvalue weighted by molar-refractivity contribution is 5.96. The third-order valence-corrected chi connectivity index (χ3v) is 4.59. The van der Waals surface area contributed by atoms with Crippen LogP contribution in [0.5, 0.6) is 0 Å². The summed E-state index contributed by atoms with van der Waals surface area (Å²) >= 11 is 0. The number of hydrogen-bond acceptors (Lipinski definition) is 3. The van der Waals surface area contributed by atoms with Crippen LogP contribution in [-0.2, 0) is 4.79 Å². The van der Waals surface area contributed by atoms with Crippen molar-refractivity contribution >= 4 is 29.2 Å². The maximum atomic E-state index is 13.0. The molecule has 0 radical (unpaired) electrons. The van der Waals surface area contributed by atoms with E-state index in [9.17, 15) is 18.8 Å². The average molecular weight is 384 g/mol. The predicted octanol–water partition coefficient (Wildman–Crippen LogP) is 2.81. The minimum absolute atomic E-state index is 0.174. The lowest BCUT2D eigenvalue weighted by atomic mass is 9.96. The van der Waals surface area contributed by atoms with Crippen LogP contribution in [0.15, 0.2) is 48.5 Å². The van der Waals surface area contributed by atoms with Crippen molar-refractivity contribution in [3.05, 3.63) is 59.9 Å². The third kappa shape index (κ3) is 4.85. The van der Waals surface area contributed by atoms with E-state index in [4.69, 9.17) is 5.73 Å². The molecule has 1 saturated heterocycles. The van der Waals surface area contributed by atoms with Gasteiger partial charge in [-0.15, -0.1) is 0 Å². The molecule has 1 heterocycles. The van der Waals surface area contributed by atoms with E-state index in [2.05, 4.69) is 10.6 Å². The topological polar surface area (TPSA) is 105 Å². The number of nitrogens with two attached hydrogens (primary N) is 1. The molecule has 8 heteroatoms. The van der Waals surface area contributed by atoms with E-state index in [0.717, 1.165) is 0 Å². The van der Waals surface area contributed by atoms with Gasteiger partial charge in [-0.05, 0) is 61.4 Å². The van der Waals surface area contributed by atoms with Crippen LogP contribution in [0.3, 0.4) is 0 Å². The first-order chi connectivity index (χ1) is 13.4. The van der Waals surface area contributed by atoms with Gasteiger partial charge in [0.25, 0.3) is 5.91 Å². The molecule has 1 aliphatic heterocycles. The number of likely N-dealkylation sites (tertiary alicyclic amines) is 1. The Bertz CT molecular complexity index is 868. The van der Waals surface area contributed by atoms with Crippen molar-refractivity contribution in [1.29, 1.82) is 0 Å². The molecule has 2 aromatic carbocycles. The van der Waals surface area contributed by atoms with E-state index in [-0.39, 0.29) is 17.7 Å². The number of anilines is 2. The Kier molecular flexibility index (Phi) is 5.88. The van der Waals surface area contributed by atoms with E-state index < -0.39 is 11.8 Å². The fourth-order valence-electron chi connectivity index (χ4n) is 3.17. The molecule has 3 rings (SSSR count). The van der Waals surface area contributed by atoms with Gasteiger partial charge in [-0.3, -0.25) is 9.59 Å². The summed E-state index contributed by atoms with van der Waals surface area (Å²) in [5.74, 6) is -1.11. The van der Waals surface area contributed by atoms with Gasteiger partial charge in [0.1, 0.15) is 5.82 Å². The fourth-order valence-corrected chi connectivity index (χ4v) is 3.17. The van der Waals surface area contributed by atoms with Crippen LogP contribution in [0.25, 0.3) is 0 Å². The molecule has 1 fully saturated rings. The number of primary amides is 1. The van der Waals surface area contributed by atoms with Crippen LogP contribution >= 0.6 is 0 Å². The number of benzene rings is 2. The van der Waals surface area contributed by atoms with Crippen molar-refractivity contribution in [3.63, 3.8) is 0 Å². The summed E-state index contributed by atoms with van der Waals surface area (Å²) in [6.45, 7) is 0.872. The van der Waals surface area contributed by atoms with E-state index in [0.29, 0.717) is 42.9 Å². The Morgan fingerprint density at radius 3 is 2.18 bits per heavy atom. The summed E-state index contributed by atoms with van der Waals surface area (Å²) in [5, 5.41) is 5.27. The molecule has 0 bridgehead atoms. The molecule has 0 saturated carbocycles. The summed E-state index contributed by atoms with van der Waals surface area (Å²) < 4.78 is 13.0. The zero-order valence-corrected chi connectivity index (χ0v) is 15.2. The van der Waals surface area contributed by atoms with Gasteiger partial charge in [0.05, 0.1) is 5.92 Å². The summed E-state index contributed by atoms with van der Waals surface area (Å²) in [4.78, 5) is 37.6. The number of halogens is 1. The molecule has 7 nitrogen and oxygen atoms in total. The number of rotatable bonds is 4. The molecule has 28 heavy (non-hydrogen) atoms. The fraction of sp³-hybridized carbons (Fsp3) is 0.250. The molecule has 0 spiro atoms. The maximum absolute atomic E-state index is 13.0. The standard InChI is InChI=1S/C20H21FN4O3/c21-15-5-3-13(4-6-15)19(27)25-11-1-2-14(12-25)18(26)23-16-7-9-17(10-8-16)24-20(22)28/h3-10,14H,1-2,11-12H2,(H,23,26)(H3,22,24,28). The minimum Gasteiger partial charge on any atom is -0.351 e. The van der Waals surface area contributed by atoms with Crippen molar-refractivity contribution in [3.8, 4) is 0 Å². The molecule has 2 aromatic rings. The number of carbonyl (C=O) groups excluding carboxylic acids is 3. The van der Waals surface area contributed by atoms with Crippen molar-refractivity contribution < 1.29 is 18.8 Å². The highest BCUT2D eigenvalue weighted by Crippen LogP contribution is 2.21. The Hall–Kier alpha value is -3.42. The van der Waals surface area contributed by atoms with Gasteiger partial charge in [-0.25, -0.2) is 9.18 Å². The second kappa shape index (κ2) is 8.51. The second-order valence-electron chi connectivity index (χ2n) is 6.65. The largest absolute Gasteiger partial charge is 0.351 e. The Morgan fingerprint density at radius 2 is 1.57 bits per heavy atom. The Balaban J connectivity index is 1.60. The van der Waals surface area contributed by atoms with Crippen molar-refractivity contribution in [2.45, 2.75) is 12.8 Å². The molecule has 4 amide bonds. The Labute approximate surface area is 161 Å². The molecular weight excluding hydrogens is 363 g/mol. The van der Waals surface area contributed by atoms with Crippen LogP contribution < -0.4 is 16.4 Å². The summed E-state index contributed by atoms with van der Waals surface area (Å²) in [7, 11) is 0. The van der Waals surface area contributed by atoms with Gasteiger partial charge in [0, 0.05) is 30.0 Å². The third-order valence-electron chi connectivity index (χ3n) is 4.59. The van der Waals surface area contributed by atoms with Crippen LogP contribution in [0.1, 0.15) is 23.2 Å². The number of nitrogens with zero attached hydrogens (tertiary/aromatic N) is 1. The summed E-state index contributed by atoms with van der Waals surface area (Å²) in [6, 6.07) is 11.3. The molecular formula is C20H21FN4O3. The SMILES string of the molecule is NC(=O)Nc1ccc(NC(=O)C2CCCN(C(=O)c3ccc(F)cc3)C2)cc1. The van der Waals surface area contributed by atoms with Crippen molar-refractivity contribution in [1.82, 2.24) is 4.90 Å². The lowest BCUT2D eigenvalue weighted by molar-refractivity contribution is -0.121. The van der Waals surface area contributed by atoms with Gasteiger partial charge in [0.2, 0.25) is 5.91 Å². The highest BCUT2D eigenvalue weighted by atomic mass is 19.1. The van der Waals surface area contributed by atoms with Crippen LogP contribution in [0.4, 0.5) is 20.6 Å². The highest BCUT2D eigenvalue weighted by Gasteiger charge is 2.29. The van der Waals surface area contributed by atoms with Crippen LogP contribution in [-0.4, -0.2) is 35.8 Å². The molecule has 1 unspecified atom stereocenters. The lowest BCUT2D eigenvalue weighted by Gasteiger charge is -2.32. The number of piperidine rings is 1. The van der Waals surface area contributed by atoms with Gasteiger partial charge in [0.15, 0.2) is 0 Å². The number of carbonyl (C=O) groups is 3. The van der Waals surface area contributed by atoms with E-state index in [1.54, 1.807) is 29.2 Å². The predicted molar refractivity (Wildman–Crippen MR) is 103 cm³/mol. The molecule has 1 aliphatic rings. The zero-order chi connectivity index (χ0) is 20.1. The molecule has 0 aliphatic carbocycles. The first-order valence-corrected chi connectivity index (χ1v) is 8.94. The van der Waals surface area contributed by atoms with Gasteiger partial charge >= 0.3 is 6.03 Å². The Morgan fingerprint density at radius 1 is 0.964 bits per heavy atom. The molecule has 4 N–H and O–H groups in total. The van der Waals surface area contributed by atoms with Crippen LogP contribution in [0, 0.1) is 11.7 Å². The van der Waals surface area contributed by atoms with Crippen molar-refractivity contribution in [2.75, 3.05) is 23.7 Å². The summed E-state index contributed by atoms with van der Waals surface area (Å²) in [5.41, 5.74) is 6.57. The molecule has 1 atom stereocenters. The average Bonchev–Trinajstić information content (AvgIpc) is 2.69. The van der Waals surface area contributed by atoms with Gasteiger partial charge < -0.3 is 21.3 Å². The zero-order valence-electron chi connectivity index (χ0n) is 15.2. The second-order valence-corrected chi connectivity index (χ2v) is 6.65. The number of nitrogens with one attached hydrogen (secondary N) is 2. The van der Waals surface area contributed by atoms with E-state index >= 15 is 0 Å². The van der Waals surface area contributed by atoms with Crippen molar-refractivity contribution in [2.24, 2.45) is 11.7 Å². The van der Waals surface area contributed by atoms with E-state index in [1.165, 1.54) is 24.3 Å². The quantitative estimate of drug-likeness (QED) is 0.755. The minimum atomic E-state index is -0.662. The number of hydrogen-bond donors (Lipinski definition) is 3. The molecule has 146 valence electrons. The lowest BCUT2D eigenvalue weighted by Crippen LogP contribution is -2.43.